The average molecular weight is 451 g/mol. The average Bonchev–Trinajstić information content (AvgIpc) is 2.83. The molecule has 0 aliphatic carbocycles. The Morgan fingerprint density at radius 2 is 1.58 bits per heavy atom. The molecule has 5 heteroatoms. The summed E-state index contributed by atoms with van der Waals surface area (Å²) in [5.74, 6) is 1.10. The maximum absolute atomic E-state index is 10.1. The lowest BCUT2D eigenvalue weighted by Crippen LogP contribution is -2.23. The van der Waals surface area contributed by atoms with Crippen molar-refractivity contribution in [1.29, 1.82) is 0 Å². The number of fused-ring (bicyclic) bond motifs is 1. The van der Waals surface area contributed by atoms with Crippen LogP contribution in [0.1, 0.15) is 58.9 Å². The van der Waals surface area contributed by atoms with Gasteiger partial charge in [-0.3, -0.25) is 0 Å². The van der Waals surface area contributed by atoms with Crippen LogP contribution < -0.4 is 10.6 Å². The Hall–Kier alpha value is -2.79. The number of nitrogens with zero attached hydrogens (tertiary/aromatic N) is 2. The number of hydrogen-bond donors (Lipinski definition) is 3. The maximum Gasteiger partial charge on any atom is 0.127 e. The fourth-order valence-corrected chi connectivity index (χ4v) is 3.64. The molecule has 1 heterocycles. The quantitative estimate of drug-likeness (QED) is 0.262. The van der Waals surface area contributed by atoms with Crippen LogP contribution in [0.5, 0.6) is 5.75 Å². The Morgan fingerprint density at radius 3 is 2.27 bits per heavy atom. The number of pyridine rings is 1. The summed E-state index contributed by atoms with van der Waals surface area (Å²) in [6.45, 7) is 13.7. The van der Waals surface area contributed by atoms with E-state index in [1.807, 2.05) is 30.3 Å². The number of phenols is 1. The zero-order valence-corrected chi connectivity index (χ0v) is 20.9. The largest absolute Gasteiger partial charge is 0.508 e. The number of nitrogens with one attached hydrogen (secondary N) is 2. The van der Waals surface area contributed by atoms with Gasteiger partial charge in [0.25, 0.3) is 0 Å². The molecule has 3 rings (SSSR count). The molecule has 0 aliphatic heterocycles. The van der Waals surface area contributed by atoms with Crippen molar-refractivity contribution in [3.05, 3.63) is 60.2 Å². The Kier molecular flexibility index (Phi) is 12.1. The molecular weight excluding hydrogens is 408 g/mol. The lowest BCUT2D eigenvalue weighted by atomic mass is 10.1. The van der Waals surface area contributed by atoms with E-state index < -0.39 is 0 Å². The summed E-state index contributed by atoms with van der Waals surface area (Å²) < 4.78 is 0. The van der Waals surface area contributed by atoms with Gasteiger partial charge in [0, 0.05) is 24.5 Å². The Balaban J connectivity index is 0.00000122. The molecule has 0 saturated carbocycles. The fraction of sp³-hybridized carbons (Fsp3) is 0.464. The molecule has 0 saturated heterocycles. The third kappa shape index (κ3) is 9.30. The highest BCUT2D eigenvalue weighted by molar-refractivity contribution is 5.92. The molecule has 0 amide bonds. The normalized spacial score (nSPS) is 10.7. The highest BCUT2D eigenvalue weighted by Crippen LogP contribution is 2.28. The Morgan fingerprint density at radius 1 is 0.848 bits per heavy atom. The van der Waals surface area contributed by atoms with E-state index in [1.165, 1.54) is 31.4 Å². The molecule has 2 aromatic carbocycles. The second-order valence-corrected chi connectivity index (χ2v) is 8.32. The first-order valence-electron chi connectivity index (χ1n) is 12.5. The molecule has 0 bridgehead atoms. The third-order valence-electron chi connectivity index (χ3n) is 5.45. The SMILES string of the molecule is CCC.CCN(CC)CCCCCNc1cc(O)cc2ccc(NCc3ccccc3)nc12. The van der Waals surface area contributed by atoms with Crippen molar-refractivity contribution in [3.63, 3.8) is 0 Å². The summed E-state index contributed by atoms with van der Waals surface area (Å²) in [5.41, 5.74) is 2.99. The van der Waals surface area contributed by atoms with Crippen LogP contribution in [0.4, 0.5) is 11.5 Å². The van der Waals surface area contributed by atoms with Crippen molar-refractivity contribution in [2.24, 2.45) is 0 Å². The van der Waals surface area contributed by atoms with E-state index in [9.17, 15) is 5.11 Å². The topological polar surface area (TPSA) is 60.4 Å². The molecule has 33 heavy (non-hydrogen) atoms. The summed E-state index contributed by atoms with van der Waals surface area (Å²) >= 11 is 0. The second-order valence-electron chi connectivity index (χ2n) is 8.32. The van der Waals surface area contributed by atoms with Gasteiger partial charge in [-0.2, -0.15) is 0 Å². The highest BCUT2D eigenvalue weighted by atomic mass is 16.3. The van der Waals surface area contributed by atoms with Gasteiger partial charge >= 0.3 is 0 Å². The first-order chi connectivity index (χ1) is 16.1. The standard InChI is InChI=1S/C25H34N4O.C3H8/c1-3-29(4-2)16-10-6-9-15-26-23-18-22(30)17-21-13-14-24(28-25(21)23)27-19-20-11-7-5-8-12-20;1-3-2/h5,7-8,11-14,17-18,26,30H,3-4,6,9-10,15-16,19H2,1-2H3,(H,27,28);3H2,1-2H3. The van der Waals surface area contributed by atoms with Crippen molar-refractivity contribution in [2.75, 3.05) is 36.8 Å². The van der Waals surface area contributed by atoms with Crippen LogP contribution >= 0.6 is 0 Å². The number of aromatic hydroxyl groups is 1. The van der Waals surface area contributed by atoms with E-state index in [2.05, 4.69) is 55.4 Å². The van der Waals surface area contributed by atoms with Crippen LogP contribution in [0.2, 0.25) is 0 Å². The predicted octanol–water partition coefficient (Wildman–Crippen LogP) is 6.89. The molecule has 0 spiro atoms. The van der Waals surface area contributed by atoms with Gasteiger partial charge < -0.3 is 20.6 Å². The predicted molar refractivity (Wildman–Crippen MR) is 143 cm³/mol. The minimum atomic E-state index is 0.262. The molecule has 3 aromatic rings. The molecule has 5 nitrogen and oxygen atoms in total. The van der Waals surface area contributed by atoms with E-state index >= 15 is 0 Å². The zero-order valence-electron chi connectivity index (χ0n) is 20.9. The van der Waals surface area contributed by atoms with Gasteiger partial charge in [0.15, 0.2) is 0 Å². The van der Waals surface area contributed by atoms with Crippen LogP contribution in [0.15, 0.2) is 54.6 Å². The van der Waals surface area contributed by atoms with Crippen molar-refractivity contribution >= 4 is 22.4 Å². The molecule has 0 fully saturated rings. The van der Waals surface area contributed by atoms with Gasteiger partial charge in [-0.25, -0.2) is 4.98 Å². The van der Waals surface area contributed by atoms with E-state index in [-0.39, 0.29) is 5.75 Å². The van der Waals surface area contributed by atoms with Gasteiger partial charge in [-0.1, -0.05) is 70.9 Å². The van der Waals surface area contributed by atoms with E-state index in [1.54, 1.807) is 12.1 Å². The lowest BCUT2D eigenvalue weighted by Gasteiger charge is -2.17. The van der Waals surface area contributed by atoms with Gasteiger partial charge in [0.1, 0.15) is 11.6 Å². The second kappa shape index (κ2) is 15.1. The summed E-state index contributed by atoms with van der Waals surface area (Å²) in [7, 11) is 0. The molecule has 3 N–H and O–H groups in total. The summed E-state index contributed by atoms with van der Waals surface area (Å²) in [4.78, 5) is 7.26. The van der Waals surface area contributed by atoms with Gasteiger partial charge in [0.2, 0.25) is 0 Å². The number of aromatic nitrogens is 1. The minimum absolute atomic E-state index is 0.262. The van der Waals surface area contributed by atoms with Crippen molar-refractivity contribution < 1.29 is 5.11 Å². The van der Waals surface area contributed by atoms with Crippen molar-refractivity contribution in [1.82, 2.24) is 9.88 Å². The maximum atomic E-state index is 10.1. The Labute approximate surface area is 200 Å². The Bertz CT molecular complexity index is 926. The van der Waals surface area contributed by atoms with Gasteiger partial charge in [-0.15, -0.1) is 0 Å². The lowest BCUT2D eigenvalue weighted by molar-refractivity contribution is 0.296. The van der Waals surface area contributed by atoms with E-state index in [4.69, 9.17) is 4.98 Å². The van der Waals surface area contributed by atoms with Crippen LogP contribution in [0.3, 0.4) is 0 Å². The number of phenolic OH excluding ortho intramolecular Hbond substituents is 1. The monoisotopic (exact) mass is 450 g/mol. The fourth-order valence-electron chi connectivity index (χ4n) is 3.64. The van der Waals surface area contributed by atoms with E-state index in [0.717, 1.165) is 55.0 Å². The first-order valence-corrected chi connectivity index (χ1v) is 12.5. The molecule has 0 unspecified atom stereocenters. The zero-order chi connectivity index (χ0) is 23.9. The molecular formula is C28H42N4O. The number of hydrogen-bond acceptors (Lipinski definition) is 5. The van der Waals surface area contributed by atoms with Crippen LogP contribution in [0, 0.1) is 0 Å². The summed E-state index contributed by atoms with van der Waals surface area (Å²) in [6, 6.07) is 17.8. The molecule has 1 aromatic heterocycles. The van der Waals surface area contributed by atoms with Crippen LogP contribution in [-0.4, -0.2) is 41.2 Å². The van der Waals surface area contributed by atoms with Gasteiger partial charge in [-0.05, 0) is 56.2 Å². The van der Waals surface area contributed by atoms with Crippen molar-refractivity contribution in [3.8, 4) is 5.75 Å². The number of rotatable bonds is 12. The minimum Gasteiger partial charge on any atom is -0.508 e. The molecule has 0 radical (unpaired) electrons. The van der Waals surface area contributed by atoms with E-state index in [0.29, 0.717) is 0 Å². The van der Waals surface area contributed by atoms with Crippen LogP contribution in [0.25, 0.3) is 10.9 Å². The first kappa shape index (κ1) is 26.5. The van der Waals surface area contributed by atoms with Crippen LogP contribution in [-0.2, 0) is 6.54 Å². The smallest absolute Gasteiger partial charge is 0.127 e. The number of unbranched alkanes of at least 4 members (excludes halogenated alkanes) is 2. The molecule has 0 aliphatic rings. The van der Waals surface area contributed by atoms with Crippen molar-refractivity contribution in [2.45, 2.75) is 59.9 Å². The molecule has 0 atom stereocenters. The summed E-state index contributed by atoms with van der Waals surface area (Å²) in [5, 5.41) is 17.9. The van der Waals surface area contributed by atoms with Gasteiger partial charge in [0.05, 0.1) is 11.2 Å². The number of anilines is 2. The molecule has 180 valence electrons. The summed E-state index contributed by atoms with van der Waals surface area (Å²) in [6.07, 6.45) is 4.76. The third-order valence-corrected chi connectivity index (χ3v) is 5.45. The highest BCUT2D eigenvalue weighted by Gasteiger charge is 2.07. The number of benzene rings is 2.